The second-order valence-corrected chi connectivity index (χ2v) is 7.53. The predicted molar refractivity (Wildman–Crippen MR) is 107 cm³/mol. The molecule has 0 radical (unpaired) electrons. The Balaban J connectivity index is 2.25. The van der Waals surface area contributed by atoms with E-state index in [0.717, 1.165) is 30.3 Å². The lowest BCUT2D eigenvalue weighted by Gasteiger charge is -2.16. The van der Waals surface area contributed by atoms with Crippen molar-refractivity contribution < 1.29 is 23.1 Å². The van der Waals surface area contributed by atoms with Crippen molar-refractivity contribution in [3.63, 3.8) is 0 Å². The number of hydrogen-bond acceptors (Lipinski definition) is 4. The number of rotatable bonds is 8. The van der Waals surface area contributed by atoms with Crippen LogP contribution >= 0.6 is 23.4 Å². The molecule has 28 heavy (non-hydrogen) atoms. The molecule has 1 N–H and O–H groups in total. The maximum atomic E-state index is 14.3. The van der Waals surface area contributed by atoms with E-state index in [0.29, 0.717) is 11.3 Å². The summed E-state index contributed by atoms with van der Waals surface area (Å²) >= 11 is 7.28. The maximum absolute atomic E-state index is 14.3. The molecular weight excluding hydrogens is 408 g/mol. The van der Waals surface area contributed by atoms with E-state index in [1.165, 1.54) is 24.3 Å². The second kappa shape index (κ2) is 10.4. The van der Waals surface area contributed by atoms with Crippen molar-refractivity contribution in [1.29, 1.82) is 0 Å². The van der Waals surface area contributed by atoms with E-state index in [4.69, 9.17) is 16.3 Å². The average molecular weight is 428 g/mol. The Labute approximate surface area is 171 Å². The zero-order chi connectivity index (χ0) is 20.7. The highest BCUT2D eigenvalue weighted by Crippen LogP contribution is 2.36. The Bertz CT molecular complexity index is 863. The molecule has 0 saturated heterocycles. The van der Waals surface area contributed by atoms with Crippen LogP contribution in [0.25, 0.3) is 0 Å². The third kappa shape index (κ3) is 5.94. The smallest absolute Gasteiger partial charge is 0.319 e. The molecular formula is C20H20ClF2NO3S. The molecule has 8 heteroatoms. The zero-order valence-corrected chi connectivity index (χ0v) is 17.0. The molecule has 1 amide bonds. The van der Waals surface area contributed by atoms with Gasteiger partial charge in [-0.25, -0.2) is 8.78 Å². The summed E-state index contributed by atoms with van der Waals surface area (Å²) in [4.78, 5) is 24.8. The minimum atomic E-state index is -0.734. The molecule has 2 rings (SSSR count). The van der Waals surface area contributed by atoms with Gasteiger partial charge < -0.3 is 10.1 Å². The molecule has 0 aliphatic rings. The first-order valence-electron chi connectivity index (χ1n) is 8.75. The fraction of sp³-hybridized carbons (Fsp3) is 0.300. The fourth-order valence-corrected chi connectivity index (χ4v) is 3.88. The lowest BCUT2D eigenvalue weighted by molar-refractivity contribution is -0.142. The van der Waals surface area contributed by atoms with Crippen LogP contribution in [0.2, 0.25) is 5.02 Å². The monoisotopic (exact) mass is 427 g/mol. The SMILES string of the molecule is CCCC(Sc1cc(NC(=O)c2cccc(F)c2)c(F)cc1Cl)C(=O)OCC. The number of nitrogens with one attached hydrogen (secondary N) is 1. The van der Waals surface area contributed by atoms with Crippen molar-refractivity contribution in [3.05, 3.63) is 58.6 Å². The van der Waals surface area contributed by atoms with Crippen molar-refractivity contribution in [2.45, 2.75) is 36.8 Å². The summed E-state index contributed by atoms with van der Waals surface area (Å²) in [6.45, 7) is 3.91. The zero-order valence-electron chi connectivity index (χ0n) is 15.4. The standard InChI is InChI=1S/C20H20ClF2NO3S/c1-3-6-17(20(26)27-4-2)28-18-11-16(15(23)10-14(18)21)24-19(25)12-7-5-8-13(22)9-12/h5,7-11,17H,3-4,6H2,1-2H3,(H,24,25). The molecule has 0 saturated carbocycles. The number of halogens is 3. The molecule has 2 aromatic rings. The number of carbonyl (C=O) groups is 2. The fourth-order valence-electron chi connectivity index (χ4n) is 2.41. The van der Waals surface area contributed by atoms with Crippen LogP contribution in [-0.4, -0.2) is 23.7 Å². The summed E-state index contributed by atoms with van der Waals surface area (Å²) in [6.07, 6.45) is 1.31. The third-order valence-corrected chi connectivity index (χ3v) is 5.46. The molecule has 4 nitrogen and oxygen atoms in total. The quantitative estimate of drug-likeness (QED) is 0.434. The van der Waals surface area contributed by atoms with Crippen LogP contribution < -0.4 is 5.32 Å². The van der Waals surface area contributed by atoms with Gasteiger partial charge in [0.05, 0.1) is 17.3 Å². The van der Waals surface area contributed by atoms with Crippen LogP contribution in [0.5, 0.6) is 0 Å². The Morgan fingerprint density at radius 1 is 1.21 bits per heavy atom. The van der Waals surface area contributed by atoms with Crippen molar-refractivity contribution in [1.82, 2.24) is 0 Å². The van der Waals surface area contributed by atoms with Gasteiger partial charge in [0.25, 0.3) is 5.91 Å². The number of benzene rings is 2. The van der Waals surface area contributed by atoms with E-state index in [1.807, 2.05) is 6.92 Å². The maximum Gasteiger partial charge on any atom is 0.319 e. The van der Waals surface area contributed by atoms with Crippen LogP contribution in [0, 0.1) is 11.6 Å². The van der Waals surface area contributed by atoms with E-state index < -0.39 is 22.8 Å². The van der Waals surface area contributed by atoms with Crippen LogP contribution in [0.15, 0.2) is 41.3 Å². The van der Waals surface area contributed by atoms with Crippen LogP contribution in [0.3, 0.4) is 0 Å². The largest absolute Gasteiger partial charge is 0.465 e. The van der Waals surface area contributed by atoms with Crippen molar-refractivity contribution in [3.8, 4) is 0 Å². The lowest BCUT2D eigenvalue weighted by Crippen LogP contribution is -2.20. The van der Waals surface area contributed by atoms with Gasteiger partial charge in [-0.2, -0.15) is 0 Å². The summed E-state index contributed by atoms with van der Waals surface area (Å²) < 4.78 is 32.6. The number of thioether (sulfide) groups is 1. The Morgan fingerprint density at radius 3 is 2.61 bits per heavy atom. The summed E-state index contributed by atoms with van der Waals surface area (Å²) in [5, 5.41) is 2.03. The highest BCUT2D eigenvalue weighted by atomic mass is 35.5. The molecule has 2 aromatic carbocycles. The molecule has 1 unspecified atom stereocenters. The third-order valence-electron chi connectivity index (χ3n) is 3.73. The van der Waals surface area contributed by atoms with Crippen LogP contribution in [0.1, 0.15) is 37.0 Å². The van der Waals surface area contributed by atoms with Gasteiger partial charge in [0, 0.05) is 10.5 Å². The van der Waals surface area contributed by atoms with E-state index in [9.17, 15) is 18.4 Å². The van der Waals surface area contributed by atoms with Gasteiger partial charge in [0.1, 0.15) is 16.9 Å². The van der Waals surface area contributed by atoms with Crippen molar-refractivity contribution >= 4 is 40.9 Å². The van der Waals surface area contributed by atoms with Gasteiger partial charge in [-0.15, -0.1) is 11.8 Å². The normalized spacial score (nSPS) is 11.8. The second-order valence-electron chi connectivity index (χ2n) is 5.87. The molecule has 0 aliphatic heterocycles. The summed E-state index contributed by atoms with van der Waals surface area (Å²) in [6, 6.07) is 7.49. The molecule has 0 aromatic heterocycles. The van der Waals surface area contributed by atoms with E-state index in [2.05, 4.69) is 5.32 Å². The van der Waals surface area contributed by atoms with Crippen LogP contribution in [0.4, 0.5) is 14.5 Å². The van der Waals surface area contributed by atoms with Gasteiger partial charge in [0.2, 0.25) is 0 Å². The van der Waals surface area contributed by atoms with Crippen molar-refractivity contribution in [2.24, 2.45) is 0 Å². The highest BCUT2D eigenvalue weighted by Gasteiger charge is 2.23. The van der Waals surface area contributed by atoms with Crippen LogP contribution in [-0.2, 0) is 9.53 Å². The van der Waals surface area contributed by atoms with Gasteiger partial charge in [-0.05, 0) is 43.7 Å². The topological polar surface area (TPSA) is 55.4 Å². The number of anilines is 1. The summed E-state index contributed by atoms with van der Waals surface area (Å²) in [7, 11) is 0. The first kappa shape index (κ1) is 22.2. The Morgan fingerprint density at radius 2 is 1.96 bits per heavy atom. The minimum absolute atomic E-state index is 0.0546. The molecule has 0 fully saturated rings. The Kier molecular flexibility index (Phi) is 8.26. The molecule has 0 heterocycles. The molecule has 150 valence electrons. The molecule has 0 bridgehead atoms. The predicted octanol–water partition coefficient (Wildman–Crippen LogP) is 5.69. The van der Waals surface area contributed by atoms with E-state index in [-0.39, 0.29) is 28.8 Å². The van der Waals surface area contributed by atoms with Gasteiger partial charge in [0.15, 0.2) is 0 Å². The minimum Gasteiger partial charge on any atom is -0.465 e. The van der Waals surface area contributed by atoms with Crippen molar-refractivity contribution in [2.75, 3.05) is 11.9 Å². The lowest BCUT2D eigenvalue weighted by atomic mass is 10.2. The molecule has 0 spiro atoms. The van der Waals surface area contributed by atoms with Gasteiger partial charge >= 0.3 is 5.97 Å². The number of hydrogen-bond donors (Lipinski definition) is 1. The molecule has 1 atom stereocenters. The molecule has 0 aliphatic carbocycles. The first-order valence-corrected chi connectivity index (χ1v) is 10.0. The highest BCUT2D eigenvalue weighted by molar-refractivity contribution is 8.00. The average Bonchev–Trinajstić information content (AvgIpc) is 2.65. The number of esters is 1. The van der Waals surface area contributed by atoms with Gasteiger partial charge in [-0.3, -0.25) is 9.59 Å². The summed E-state index contributed by atoms with van der Waals surface area (Å²) in [5.74, 6) is -2.34. The van der Waals surface area contributed by atoms with E-state index >= 15 is 0 Å². The van der Waals surface area contributed by atoms with E-state index in [1.54, 1.807) is 6.92 Å². The number of ether oxygens (including phenoxy) is 1. The number of carbonyl (C=O) groups excluding carboxylic acids is 2. The Hall–Kier alpha value is -2.12. The first-order chi connectivity index (χ1) is 13.3. The van der Waals surface area contributed by atoms with Gasteiger partial charge in [-0.1, -0.05) is 31.0 Å². The number of amides is 1. The summed E-state index contributed by atoms with van der Waals surface area (Å²) in [5.41, 5.74) is -0.0563.